The number of pyridine rings is 1. The van der Waals surface area contributed by atoms with E-state index in [9.17, 15) is 0 Å². The van der Waals surface area contributed by atoms with Crippen LogP contribution in [0.3, 0.4) is 0 Å². The van der Waals surface area contributed by atoms with Gasteiger partial charge in [0.05, 0.1) is 5.56 Å². The van der Waals surface area contributed by atoms with Crippen molar-refractivity contribution in [3.63, 3.8) is 0 Å². The van der Waals surface area contributed by atoms with Crippen molar-refractivity contribution in [2.24, 2.45) is 0 Å². The zero-order chi connectivity index (χ0) is 9.97. The monoisotopic (exact) mass is 408 g/mol. The van der Waals surface area contributed by atoms with Gasteiger partial charge >= 0.3 is 22.9 Å². The van der Waals surface area contributed by atoms with Gasteiger partial charge in [-0.05, 0) is 40.8 Å². The molecular weight excluding hydrogens is 400 g/mol. The SMILES string of the molecule is Ic1ccccc1-c1cccc[n+]1I. The highest BCUT2D eigenvalue weighted by Gasteiger charge is 2.11. The molecule has 0 N–H and O–H groups in total. The number of nitrogens with zero attached hydrogens (tertiary/aromatic N) is 1. The lowest BCUT2D eigenvalue weighted by atomic mass is 10.1. The number of rotatable bonds is 1. The van der Waals surface area contributed by atoms with Gasteiger partial charge in [-0.2, -0.15) is 0 Å². The van der Waals surface area contributed by atoms with Crippen LogP contribution in [-0.2, 0) is 0 Å². The van der Waals surface area contributed by atoms with E-state index in [-0.39, 0.29) is 0 Å². The van der Waals surface area contributed by atoms with Gasteiger partial charge in [-0.1, -0.05) is 12.1 Å². The van der Waals surface area contributed by atoms with E-state index in [0.717, 1.165) is 0 Å². The molecule has 0 saturated carbocycles. The van der Waals surface area contributed by atoms with Crippen LogP contribution in [0.1, 0.15) is 0 Å². The lowest BCUT2D eigenvalue weighted by Crippen LogP contribution is -2.21. The largest absolute Gasteiger partial charge is 0.354 e. The van der Waals surface area contributed by atoms with Crippen LogP contribution in [0.4, 0.5) is 0 Å². The molecule has 2 aromatic rings. The van der Waals surface area contributed by atoms with Gasteiger partial charge in [0.25, 0.3) is 0 Å². The summed E-state index contributed by atoms with van der Waals surface area (Å²) in [6.07, 6.45) is 2.05. The summed E-state index contributed by atoms with van der Waals surface area (Å²) in [7, 11) is 0. The van der Waals surface area contributed by atoms with Crippen molar-refractivity contribution in [2.45, 2.75) is 0 Å². The molecule has 1 aromatic carbocycles. The summed E-state index contributed by atoms with van der Waals surface area (Å²) in [5.41, 5.74) is 2.52. The van der Waals surface area contributed by atoms with Crippen LogP contribution in [0.25, 0.3) is 11.3 Å². The molecule has 0 unspecified atom stereocenters. The summed E-state index contributed by atoms with van der Waals surface area (Å²) in [5.74, 6) is 0. The lowest BCUT2D eigenvalue weighted by molar-refractivity contribution is -0.427. The Bertz CT molecular complexity index is 411. The topological polar surface area (TPSA) is 3.88 Å². The fraction of sp³-hybridized carbons (Fsp3) is 0. The molecular formula is C11H8I2N+. The number of hydrogen-bond donors (Lipinski definition) is 0. The standard InChI is InChI=1S/C11H8I2N/c12-10-6-2-1-5-9(10)11-7-3-4-8-14(11)13/h1-8H/q+1. The van der Waals surface area contributed by atoms with Crippen molar-refractivity contribution in [1.29, 1.82) is 0 Å². The minimum atomic E-state index is 1.23. The van der Waals surface area contributed by atoms with Crippen LogP contribution in [-0.4, -0.2) is 0 Å². The second-order valence-electron chi connectivity index (χ2n) is 2.88. The van der Waals surface area contributed by atoms with Crippen LogP contribution in [0.2, 0.25) is 0 Å². The molecule has 0 amide bonds. The smallest absolute Gasteiger partial charge is 0.136 e. The summed E-state index contributed by atoms with van der Waals surface area (Å²) in [5, 5.41) is 0. The van der Waals surface area contributed by atoms with Crippen LogP contribution in [0.15, 0.2) is 48.7 Å². The van der Waals surface area contributed by atoms with Gasteiger partial charge in [0.15, 0.2) is 6.20 Å². The zero-order valence-corrected chi connectivity index (χ0v) is 11.6. The average molecular weight is 408 g/mol. The Morgan fingerprint density at radius 1 is 0.929 bits per heavy atom. The first-order chi connectivity index (χ1) is 6.79. The second-order valence-corrected chi connectivity index (χ2v) is 5.08. The molecule has 0 aliphatic heterocycles. The van der Waals surface area contributed by atoms with Gasteiger partial charge in [0, 0.05) is 15.7 Å². The van der Waals surface area contributed by atoms with Crippen molar-refractivity contribution < 1.29 is 2.78 Å². The minimum Gasteiger partial charge on any atom is -0.136 e. The number of hydrogen-bond acceptors (Lipinski definition) is 0. The summed E-state index contributed by atoms with van der Waals surface area (Å²) in [6.45, 7) is 0. The van der Waals surface area contributed by atoms with Crippen molar-refractivity contribution in [2.75, 3.05) is 0 Å². The predicted molar refractivity (Wildman–Crippen MR) is 74.2 cm³/mol. The van der Waals surface area contributed by atoms with E-state index in [1.807, 2.05) is 6.07 Å². The van der Waals surface area contributed by atoms with E-state index < -0.39 is 0 Å². The van der Waals surface area contributed by atoms with Gasteiger partial charge in [-0.15, -0.1) is 2.78 Å². The van der Waals surface area contributed by atoms with Crippen LogP contribution < -0.4 is 2.78 Å². The Hall–Kier alpha value is -0.170. The molecule has 0 atom stereocenters. The van der Waals surface area contributed by atoms with E-state index in [4.69, 9.17) is 0 Å². The van der Waals surface area contributed by atoms with E-state index >= 15 is 0 Å². The summed E-state index contributed by atoms with van der Waals surface area (Å²) < 4.78 is 3.39. The predicted octanol–water partition coefficient (Wildman–Crippen LogP) is 3.44. The van der Waals surface area contributed by atoms with Gasteiger partial charge < -0.3 is 0 Å². The maximum absolute atomic E-state index is 2.36. The van der Waals surface area contributed by atoms with Crippen LogP contribution in [0.5, 0.6) is 0 Å². The first-order valence-corrected chi connectivity index (χ1v) is 6.25. The Balaban J connectivity index is 2.61. The molecule has 0 saturated heterocycles. The second kappa shape index (κ2) is 4.57. The Labute approximate surface area is 111 Å². The molecule has 0 bridgehead atoms. The summed E-state index contributed by atoms with van der Waals surface area (Å²) >= 11 is 4.66. The molecule has 2 rings (SSSR count). The van der Waals surface area contributed by atoms with Gasteiger partial charge in [0.1, 0.15) is 0 Å². The Kier molecular flexibility index (Phi) is 3.38. The quantitative estimate of drug-likeness (QED) is 0.637. The first kappa shape index (κ1) is 10.4. The lowest BCUT2D eigenvalue weighted by Gasteiger charge is -1.99. The highest BCUT2D eigenvalue weighted by molar-refractivity contribution is 14.1. The molecule has 1 nitrogen and oxygen atoms in total. The van der Waals surface area contributed by atoms with E-state index in [1.165, 1.54) is 14.8 Å². The maximum Gasteiger partial charge on any atom is 0.354 e. The first-order valence-electron chi connectivity index (χ1n) is 4.21. The number of halogens is 2. The van der Waals surface area contributed by atoms with Crippen molar-refractivity contribution in [1.82, 2.24) is 0 Å². The molecule has 0 radical (unpaired) electrons. The van der Waals surface area contributed by atoms with Crippen molar-refractivity contribution in [3.8, 4) is 11.3 Å². The van der Waals surface area contributed by atoms with Crippen molar-refractivity contribution >= 4 is 45.5 Å². The fourth-order valence-electron chi connectivity index (χ4n) is 1.30. The molecule has 1 heterocycles. The maximum atomic E-state index is 2.36. The zero-order valence-electron chi connectivity index (χ0n) is 7.32. The third-order valence-electron chi connectivity index (χ3n) is 1.96. The number of aromatic nitrogens is 1. The molecule has 3 heteroatoms. The van der Waals surface area contributed by atoms with Crippen molar-refractivity contribution in [3.05, 3.63) is 52.2 Å². The molecule has 1 aromatic heterocycles. The van der Waals surface area contributed by atoms with E-state index in [0.29, 0.717) is 0 Å². The molecule has 0 aliphatic rings. The van der Waals surface area contributed by atoms with Crippen LogP contribution in [0, 0.1) is 3.57 Å². The minimum absolute atomic E-state index is 1.23. The van der Waals surface area contributed by atoms with Gasteiger partial charge in [0.2, 0.25) is 5.69 Å². The summed E-state index contributed by atoms with van der Waals surface area (Å²) in [4.78, 5) is 0. The number of benzene rings is 1. The molecule has 0 spiro atoms. The van der Waals surface area contributed by atoms with Gasteiger partial charge in [-0.25, -0.2) is 0 Å². The fourth-order valence-corrected chi connectivity index (χ4v) is 2.57. The molecule has 14 heavy (non-hydrogen) atoms. The molecule has 70 valence electrons. The highest BCUT2D eigenvalue weighted by atomic mass is 127. The van der Waals surface area contributed by atoms with E-state index in [2.05, 4.69) is 90.8 Å². The molecule has 0 aliphatic carbocycles. The summed E-state index contributed by atoms with van der Waals surface area (Å²) in [6, 6.07) is 14.6. The van der Waals surface area contributed by atoms with E-state index in [1.54, 1.807) is 0 Å². The Morgan fingerprint density at radius 2 is 1.64 bits per heavy atom. The normalized spacial score (nSPS) is 10.1. The Morgan fingerprint density at radius 3 is 2.36 bits per heavy atom. The third-order valence-corrected chi connectivity index (χ3v) is 3.74. The van der Waals surface area contributed by atoms with Crippen LogP contribution >= 0.6 is 45.5 Å². The third kappa shape index (κ3) is 2.08. The highest BCUT2D eigenvalue weighted by Crippen LogP contribution is 2.22. The molecule has 0 fully saturated rings. The van der Waals surface area contributed by atoms with Gasteiger partial charge in [-0.3, -0.25) is 0 Å². The average Bonchev–Trinajstić information content (AvgIpc) is 2.20.